The normalized spacial score (nSPS) is 11.2. The van der Waals surface area contributed by atoms with Crippen LogP contribution in [0.5, 0.6) is 0 Å². The van der Waals surface area contributed by atoms with Crippen molar-refractivity contribution < 1.29 is 9.53 Å². The van der Waals surface area contributed by atoms with E-state index < -0.39 is 4.75 Å². The molecule has 0 amide bonds. The third kappa shape index (κ3) is 3.52. The van der Waals surface area contributed by atoms with Crippen molar-refractivity contribution in [1.29, 1.82) is 0 Å². The van der Waals surface area contributed by atoms with E-state index in [9.17, 15) is 4.79 Å². The molecule has 1 aromatic heterocycles. The zero-order valence-corrected chi connectivity index (χ0v) is 10.9. The van der Waals surface area contributed by atoms with Crippen LogP contribution >= 0.6 is 11.8 Å². The smallest absolute Gasteiger partial charge is 0.321 e. The molecular weight excluding hydrogens is 222 g/mol. The fourth-order valence-corrected chi connectivity index (χ4v) is 2.13. The largest absolute Gasteiger partial charge is 0.465 e. The Morgan fingerprint density at radius 2 is 2.19 bits per heavy atom. The molecule has 0 saturated carbocycles. The second-order valence-electron chi connectivity index (χ2n) is 3.97. The number of hydrogen-bond donors (Lipinski definition) is 0. The van der Waals surface area contributed by atoms with Crippen LogP contribution in [0.2, 0.25) is 0 Å². The van der Waals surface area contributed by atoms with Gasteiger partial charge in [0, 0.05) is 16.8 Å². The van der Waals surface area contributed by atoms with Crippen molar-refractivity contribution in [2.75, 3.05) is 6.61 Å². The van der Waals surface area contributed by atoms with E-state index in [1.807, 2.05) is 39.8 Å². The second kappa shape index (κ2) is 5.34. The number of nitrogens with zero attached hydrogens (tertiary/aromatic N) is 1. The molecule has 0 radical (unpaired) electrons. The summed E-state index contributed by atoms with van der Waals surface area (Å²) in [5.74, 6) is -0.194. The Hall–Kier alpha value is -1.03. The first kappa shape index (κ1) is 13.0. The Balaban J connectivity index is 2.72. The molecule has 88 valence electrons. The summed E-state index contributed by atoms with van der Waals surface area (Å²) < 4.78 is 4.45. The highest BCUT2D eigenvalue weighted by atomic mass is 32.2. The Bertz CT molecular complexity index is 360. The number of hydrogen-bond acceptors (Lipinski definition) is 4. The molecule has 0 aliphatic heterocycles. The molecule has 0 saturated heterocycles. The minimum absolute atomic E-state index is 0.194. The van der Waals surface area contributed by atoms with E-state index in [-0.39, 0.29) is 5.97 Å². The third-order valence-electron chi connectivity index (χ3n) is 2.02. The highest BCUT2D eigenvalue weighted by molar-refractivity contribution is 8.01. The van der Waals surface area contributed by atoms with Crippen LogP contribution in [0, 0.1) is 6.92 Å². The van der Waals surface area contributed by atoms with E-state index in [4.69, 9.17) is 4.74 Å². The van der Waals surface area contributed by atoms with Gasteiger partial charge in [0.25, 0.3) is 0 Å². The molecule has 1 aromatic rings. The lowest BCUT2D eigenvalue weighted by molar-refractivity contribution is -0.145. The number of carbonyl (C=O) groups excluding carboxylic acids is 1. The van der Waals surface area contributed by atoms with Gasteiger partial charge in [-0.1, -0.05) is 0 Å². The summed E-state index contributed by atoms with van der Waals surface area (Å²) in [7, 11) is 0. The molecular formula is C12H17NO2S. The molecule has 16 heavy (non-hydrogen) atoms. The van der Waals surface area contributed by atoms with Gasteiger partial charge in [-0.3, -0.25) is 9.78 Å². The van der Waals surface area contributed by atoms with E-state index in [0.717, 1.165) is 10.6 Å². The lowest BCUT2D eigenvalue weighted by Crippen LogP contribution is -2.29. The van der Waals surface area contributed by atoms with Gasteiger partial charge in [-0.2, -0.15) is 0 Å². The molecule has 0 bridgehead atoms. The summed E-state index contributed by atoms with van der Waals surface area (Å²) in [5, 5.41) is 0. The monoisotopic (exact) mass is 239 g/mol. The molecule has 0 fully saturated rings. The van der Waals surface area contributed by atoms with Crippen LogP contribution in [-0.2, 0) is 9.53 Å². The number of esters is 1. The molecule has 0 aromatic carbocycles. The quantitative estimate of drug-likeness (QED) is 0.598. The van der Waals surface area contributed by atoms with Gasteiger partial charge in [0.15, 0.2) is 0 Å². The van der Waals surface area contributed by atoms with Gasteiger partial charge in [0.1, 0.15) is 4.75 Å². The molecule has 4 heteroatoms. The lowest BCUT2D eigenvalue weighted by atomic mass is 10.2. The van der Waals surface area contributed by atoms with Crippen LogP contribution in [0.15, 0.2) is 23.2 Å². The van der Waals surface area contributed by atoms with Gasteiger partial charge in [-0.15, -0.1) is 11.8 Å². The van der Waals surface area contributed by atoms with Gasteiger partial charge >= 0.3 is 5.97 Å². The molecule has 0 N–H and O–H groups in total. The van der Waals surface area contributed by atoms with Crippen LogP contribution in [-0.4, -0.2) is 22.3 Å². The van der Waals surface area contributed by atoms with E-state index in [0.29, 0.717) is 6.61 Å². The summed E-state index contributed by atoms with van der Waals surface area (Å²) >= 11 is 1.47. The van der Waals surface area contributed by atoms with Crippen LogP contribution in [0.4, 0.5) is 0 Å². The van der Waals surface area contributed by atoms with Gasteiger partial charge in [0.2, 0.25) is 0 Å². The first-order chi connectivity index (χ1) is 7.45. The number of carbonyl (C=O) groups is 1. The second-order valence-corrected chi connectivity index (χ2v) is 5.66. The topological polar surface area (TPSA) is 39.2 Å². The number of pyridine rings is 1. The maximum absolute atomic E-state index is 11.7. The van der Waals surface area contributed by atoms with Crippen molar-refractivity contribution in [3.05, 3.63) is 24.0 Å². The third-order valence-corrected chi connectivity index (χ3v) is 3.18. The van der Waals surface area contributed by atoms with E-state index in [1.165, 1.54) is 11.8 Å². The molecule has 3 nitrogen and oxygen atoms in total. The molecule has 0 aliphatic carbocycles. The summed E-state index contributed by atoms with van der Waals surface area (Å²) in [6, 6.07) is 3.90. The van der Waals surface area contributed by atoms with Gasteiger partial charge in [0.05, 0.1) is 6.61 Å². The number of aromatic nitrogens is 1. The summed E-state index contributed by atoms with van der Waals surface area (Å²) in [6.07, 6.45) is 1.78. The van der Waals surface area contributed by atoms with E-state index >= 15 is 0 Å². The van der Waals surface area contributed by atoms with E-state index in [1.54, 1.807) is 6.20 Å². The van der Waals surface area contributed by atoms with Crippen LogP contribution in [0.1, 0.15) is 26.5 Å². The minimum Gasteiger partial charge on any atom is -0.465 e. The maximum Gasteiger partial charge on any atom is 0.321 e. The fourth-order valence-electron chi connectivity index (χ4n) is 1.16. The summed E-state index contributed by atoms with van der Waals surface area (Å²) in [6.45, 7) is 7.87. The zero-order valence-electron chi connectivity index (χ0n) is 10.1. The predicted molar refractivity (Wildman–Crippen MR) is 65.5 cm³/mol. The Morgan fingerprint density at radius 1 is 1.50 bits per heavy atom. The van der Waals surface area contributed by atoms with Crippen molar-refractivity contribution in [3.8, 4) is 0 Å². The standard InChI is InChI=1S/C12H17NO2S/c1-5-15-11(14)12(3,4)16-10-7-6-9(2)13-8-10/h6-8H,5H2,1-4H3. The molecule has 0 atom stereocenters. The molecule has 0 aliphatic rings. The van der Waals surface area contributed by atoms with Crippen molar-refractivity contribution in [2.45, 2.75) is 37.3 Å². The Morgan fingerprint density at radius 3 is 2.69 bits per heavy atom. The maximum atomic E-state index is 11.7. The van der Waals surface area contributed by atoms with Gasteiger partial charge in [-0.25, -0.2) is 0 Å². The molecule has 0 unspecified atom stereocenters. The average Bonchev–Trinajstić information content (AvgIpc) is 2.21. The molecule has 1 heterocycles. The average molecular weight is 239 g/mol. The first-order valence-corrected chi connectivity index (χ1v) is 6.06. The van der Waals surface area contributed by atoms with Crippen molar-refractivity contribution in [1.82, 2.24) is 4.98 Å². The SMILES string of the molecule is CCOC(=O)C(C)(C)Sc1ccc(C)nc1. The Kier molecular flexibility index (Phi) is 4.35. The van der Waals surface area contributed by atoms with Crippen LogP contribution in [0.25, 0.3) is 0 Å². The van der Waals surface area contributed by atoms with Gasteiger partial charge in [-0.05, 0) is 39.8 Å². The van der Waals surface area contributed by atoms with Gasteiger partial charge < -0.3 is 4.74 Å². The van der Waals surface area contributed by atoms with Crippen molar-refractivity contribution >= 4 is 17.7 Å². The first-order valence-electron chi connectivity index (χ1n) is 5.24. The number of aryl methyl sites for hydroxylation is 1. The van der Waals surface area contributed by atoms with Crippen LogP contribution in [0.3, 0.4) is 0 Å². The summed E-state index contributed by atoms with van der Waals surface area (Å²) in [5.41, 5.74) is 0.971. The van der Waals surface area contributed by atoms with Crippen molar-refractivity contribution in [3.63, 3.8) is 0 Å². The minimum atomic E-state index is -0.576. The predicted octanol–water partition coefficient (Wildman–Crippen LogP) is 2.82. The van der Waals surface area contributed by atoms with Crippen molar-refractivity contribution in [2.24, 2.45) is 0 Å². The number of rotatable bonds is 4. The van der Waals surface area contributed by atoms with Crippen LogP contribution < -0.4 is 0 Å². The fraction of sp³-hybridized carbons (Fsp3) is 0.500. The molecule has 0 spiro atoms. The Labute approximate surface area is 101 Å². The lowest BCUT2D eigenvalue weighted by Gasteiger charge is -2.21. The number of thioether (sulfide) groups is 1. The summed E-state index contributed by atoms with van der Waals surface area (Å²) in [4.78, 5) is 16.8. The highest BCUT2D eigenvalue weighted by Gasteiger charge is 2.30. The van der Waals surface area contributed by atoms with E-state index in [2.05, 4.69) is 4.98 Å². The molecule has 1 rings (SSSR count). The number of ether oxygens (including phenoxy) is 1. The zero-order chi connectivity index (χ0) is 12.2. The highest BCUT2D eigenvalue weighted by Crippen LogP contribution is 2.32.